The topological polar surface area (TPSA) is 112 Å². The molecule has 5 atom stereocenters. The molecule has 2 aromatic carbocycles. The number of nitrogens with one attached hydrogen (secondary N) is 1. The first-order valence-corrected chi connectivity index (χ1v) is 16.8. The highest BCUT2D eigenvalue weighted by molar-refractivity contribution is 7.99. The Labute approximate surface area is 284 Å². The molecule has 0 amide bonds. The van der Waals surface area contributed by atoms with E-state index in [2.05, 4.69) is 15.3 Å². The Hall–Kier alpha value is -3.29. The molecule has 48 heavy (non-hydrogen) atoms. The van der Waals surface area contributed by atoms with Gasteiger partial charge in [-0.1, -0.05) is 61.2 Å². The lowest BCUT2D eigenvalue weighted by Gasteiger charge is -2.56. The van der Waals surface area contributed by atoms with Gasteiger partial charge in [0.1, 0.15) is 17.5 Å². The number of carboxylic acid groups (broad SMARTS) is 2. The molecule has 1 aromatic heterocycles. The van der Waals surface area contributed by atoms with Gasteiger partial charge in [-0.05, 0) is 57.6 Å². The zero-order valence-electron chi connectivity index (χ0n) is 26.6. The van der Waals surface area contributed by atoms with Gasteiger partial charge in [-0.3, -0.25) is 9.59 Å². The van der Waals surface area contributed by atoms with Crippen molar-refractivity contribution in [3.05, 3.63) is 76.2 Å². The van der Waals surface area contributed by atoms with Gasteiger partial charge in [0.25, 0.3) is 0 Å². The van der Waals surface area contributed by atoms with Crippen LogP contribution in [0.5, 0.6) is 0 Å². The fourth-order valence-corrected chi connectivity index (χ4v) is 8.17. The number of unbranched alkanes of at least 4 members (excludes halogenated alkanes) is 3. The Morgan fingerprint density at radius 1 is 1.02 bits per heavy atom. The zero-order chi connectivity index (χ0) is 35.4. The fraction of sp³-hybridized carbons (Fsp3) is 0.471. The smallest absolute Gasteiger partial charge is 0.418 e. The molecule has 1 fully saturated rings. The third kappa shape index (κ3) is 7.33. The number of carbonyl (C=O) groups is 2. The first-order chi connectivity index (χ1) is 22.6. The maximum Gasteiger partial charge on any atom is 0.418 e. The van der Waals surface area contributed by atoms with Crippen LogP contribution in [0.3, 0.4) is 0 Å². The van der Waals surface area contributed by atoms with Gasteiger partial charge in [-0.25, -0.2) is 18.7 Å². The van der Waals surface area contributed by atoms with E-state index in [9.17, 15) is 37.4 Å². The molecule has 14 heteroatoms. The van der Waals surface area contributed by atoms with Gasteiger partial charge in [0, 0.05) is 28.8 Å². The summed E-state index contributed by atoms with van der Waals surface area (Å²) >= 11 is 7.47. The molecule has 0 aliphatic carbocycles. The minimum Gasteiger partial charge on any atom is -0.481 e. The zero-order valence-corrected chi connectivity index (χ0v) is 28.2. The lowest BCUT2D eigenvalue weighted by molar-refractivity contribution is -0.174. The number of carboxylic acids is 2. The molecule has 260 valence electrons. The standard InChI is InChI=1S/C34H37ClF5N3O4S/c1-19-17-25(43-29(41-19)21-11-7-6-8-12-21)48-16-10-5-4-9-15-33(31(46)47)20(2)42-24(18-36)32(3,30(44)45)28(33)26-23(37)14-13-22(35)27(26)34(38,39)40/h6-8,11-14,17,20,24,28,42H,4-5,9-10,15-16,18H2,1-3H3,(H,44,45)(H,46,47). The van der Waals surface area contributed by atoms with Crippen molar-refractivity contribution < 1.29 is 41.8 Å². The van der Waals surface area contributed by atoms with Crippen molar-refractivity contribution in [1.82, 2.24) is 15.3 Å². The monoisotopic (exact) mass is 713 g/mol. The largest absolute Gasteiger partial charge is 0.481 e. The van der Waals surface area contributed by atoms with E-state index in [1.54, 1.807) is 0 Å². The van der Waals surface area contributed by atoms with Gasteiger partial charge in [0.15, 0.2) is 5.82 Å². The SMILES string of the molecule is Cc1cc(SCCCCCCC2(C(=O)O)C(C)NC(CF)C(C)(C(=O)O)C2c2c(F)ccc(Cl)c2C(F)(F)F)nc(-c2ccccc2)n1. The predicted octanol–water partition coefficient (Wildman–Crippen LogP) is 8.58. The molecule has 5 unspecified atom stereocenters. The van der Waals surface area contributed by atoms with Gasteiger partial charge < -0.3 is 15.5 Å². The van der Waals surface area contributed by atoms with Crippen LogP contribution in [0.25, 0.3) is 11.4 Å². The molecule has 3 aromatic rings. The Balaban J connectivity index is 1.58. The van der Waals surface area contributed by atoms with Crippen LogP contribution >= 0.6 is 23.4 Å². The van der Waals surface area contributed by atoms with Crippen LogP contribution in [0.15, 0.2) is 53.6 Å². The molecule has 7 nitrogen and oxygen atoms in total. The maximum absolute atomic E-state index is 15.7. The number of aryl methyl sites for hydroxylation is 1. The van der Waals surface area contributed by atoms with E-state index in [0.717, 1.165) is 23.2 Å². The number of rotatable bonds is 13. The predicted molar refractivity (Wildman–Crippen MR) is 173 cm³/mol. The Morgan fingerprint density at radius 3 is 2.29 bits per heavy atom. The van der Waals surface area contributed by atoms with Crippen LogP contribution in [0.4, 0.5) is 22.0 Å². The Kier molecular flexibility index (Phi) is 11.8. The van der Waals surface area contributed by atoms with Crippen molar-refractivity contribution in [2.75, 3.05) is 12.4 Å². The van der Waals surface area contributed by atoms with Crippen molar-refractivity contribution in [3.63, 3.8) is 0 Å². The highest BCUT2D eigenvalue weighted by Gasteiger charge is 2.67. The van der Waals surface area contributed by atoms with Crippen molar-refractivity contribution in [2.24, 2.45) is 10.8 Å². The third-order valence-corrected chi connectivity index (χ3v) is 10.7. The lowest BCUT2D eigenvalue weighted by Crippen LogP contribution is -2.70. The van der Waals surface area contributed by atoms with E-state index >= 15 is 4.39 Å². The highest BCUT2D eigenvalue weighted by Crippen LogP contribution is 2.60. The number of aromatic nitrogens is 2. The summed E-state index contributed by atoms with van der Waals surface area (Å²) in [5.74, 6) is -5.70. The molecule has 0 saturated carbocycles. The summed E-state index contributed by atoms with van der Waals surface area (Å²) in [6.07, 6.45) is -3.63. The molecular weight excluding hydrogens is 677 g/mol. The molecule has 0 radical (unpaired) electrons. The molecule has 2 heterocycles. The number of piperidine rings is 1. The van der Waals surface area contributed by atoms with E-state index in [0.29, 0.717) is 43.0 Å². The van der Waals surface area contributed by atoms with Crippen molar-refractivity contribution in [3.8, 4) is 11.4 Å². The van der Waals surface area contributed by atoms with Crippen LogP contribution in [-0.2, 0) is 15.8 Å². The molecular formula is C34H37ClF5N3O4S. The number of thioether (sulfide) groups is 1. The van der Waals surface area contributed by atoms with Gasteiger partial charge >= 0.3 is 18.1 Å². The van der Waals surface area contributed by atoms with Gasteiger partial charge in [0.2, 0.25) is 0 Å². The Morgan fingerprint density at radius 2 is 1.69 bits per heavy atom. The first-order valence-electron chi connectivity index (χ1n) is 15.5. The number of hydrogen-bond donors (Lipinski definition) is 3. The minimum atomic E-state index is -5.26. The fourth-order valence-electron chi connectivity index (χ4n) is 6.94. The van der Waals surface area contributed by atoms with Crippen LogP contribution in [0.2, 0.25) is 5.02 Å². The van der Waals surface area contributed by atoms with Gasteiger partial charge in [0.05, 0.1) is 27.5 Å². The summed E-state index contributed by atoms with van der Waals surface area (Å²) in [6, 6.07) is 9.90. The van der Waals surface area contributed by atoms with Crippen LogP contribution in [-0.4, -0.2) is 56.6 Å². The lowest BCUT2D eigenvalue weighted by atomic mass is 9.50. The number of alkyl halides is 4. The molecule has 4 rings (SSSR count). The third-order valence-electron chi connectivity index (χ3n) is 9.39. The summed E-state index contributed by atoms with van der Waals surface area (Å²) in [6.45, 7) is 2.85. The van der Waals surface area contributed by atoms with Crippen LogP contribution in [0.1, 0.15) is 68.7 Å². The van der Waals surface area contributed by atoms with E-state index in [1.807, 2.05) is 43.3 Å². The molecule has 1 aliphatic rings. The number of nitrogens with zero attached hydrogens (tertiary/aromatic N) is 2. The van der Waals surface area contributed by atoms with E-state index in [-0.39, 0.29) is 12.8 Å². The summed E-state index contributed by atoms with van der Waals surface area (Å²) in [5.41, 5.74) is -5.92. The molecule has 0 bridgehead atoms. The highest BCUT2D eigenvalue weighted by atomic mass is 35.5. The summed E-state index contributed by atoms with van der Waals surface area (Å²) in [5, 5.41) is 23.7. The van der Waals surface area contributed by atoms with Crippen LogP contribution in [0, 0.1) is 23.6 Å². The quantitative estimate of drug-likeness (QED) is 0.0699. The number of halogens is 6. The minimum absolute atomic E-state index is 0.170. The average molecular weight is 714 g/mol. The maximum atomic E-state index is 15.7. The molecule has 1 saturated heterocycles. The average Bonchev–Trinajstić information content (AvgIpc) is 3.02. The Bertz CT molecular complexity index is 1630. The molecule has 3 N–H and O–H groups in total. The summed E-state index contributed by atoms with van der Waals surface area (Å²) in [4.78, 5) is 35.2. The first kappa shape index (κ1) is 37.5. The summed E-state index contributed by atoms with van der Waals surface area (Å²) in [7, 11) is 0. The second-order valence-corrected chi connectivity index (χ2v) is 13.8. The van der Waals surface area contributed by atoms with Crippen molar-refractivity contribution in [1.29, 1.82) is 0 Å². The van der Waals surface area contributed by atoms with E-state index in [4.69, 9.17) is 11.6 Å². The normalized spacial score (nSPS) is 24.4. The molecule has 0 spiro atoms. The van der Waals surface area contributed by atoms with Crippen molar-refractivity contribution >= 4 is 35.3 Å². The number of aliphatic carboxylic acids is 2. The second kappa shape index (κ2) is 15.1. The van der Waals surface area contributed by atoms with Crippen molar-refractivity contribution in [2.45, 2.75) is 82.1 Å². The van der Waals surface area contributed by atoms with E-state index in [1.165, 1.54) is 18.7 Å². The number of hydrogen-bond acceptors (Lipinski definition) is 6. The van der Waals surface area contributed by atoms with E-state index < -0.39 is 75.6 Å². The second-order valence-electron chi connectivity index (χ2n) is 12.3. The number of benzene rings is 2. The summed E-state index contributed by atoms with van der Waals surface area (Å²) < 4.78 is 73.5. The van der Waals surface area contributed by atoms with Gasteiger partial charge in [-0.15, -0.1) is 11.8 Å². The van der Waals surface area contributed by atoms with Crippen LogP contribution < -0.4 is 5.32 Å². The van der Waals surface area contributed by atoms with Gasteiger partial charge in [-0.2, -0.15) is 13.2 Å². The molecule has 1 aliphatic heterocycles.